The lowest BCUT2D eigenvalue weighted by Gasteiger charge is -2.11. The Labute approximate surface area is 76.5 Å². The van der Waals surface area contributed by atoms with Gasteiger partial charge in [-0.2, -0.15) is 8.78 Å². The first-order chi connectivity index (χ1) is 5.90. The van der Waals surface area contributed by atoms with Crippen LogP contribution in [0.2, 0.25) is 0 Å². The number of nitrogens with one attached hydrogen (secondary N) is 1. The molecule has 0 amide bonds. The number of hydrogen-bond donors (Lipinski definition) is 2. The summed E-state index contributed by atoms with van der Waals surface area (Å²) < 4.78 is 46.3. The van der Waals surface area contributed by atoms with Crippen LogP contribution in [-0.4, -0.2) is 26.8 Å². The van der Waals surface area contributed by atoms with Gasteiger partial charge in [0.15, 0.2) is 0 Å². The Balaban J connectivity index is 3.89. The highest BCUT2D eigenvalue weighted by atomic mass is 32.2. The fraction of sp³-hybridized carbons (Fsp3) is 1.00. The Morgan fingerprint density at radius 2 is 2.00 bits per heavy atom. The fourth-order valence-electron chi connectivity index (χ4n) is 0.759. The van der Waals surface area contributed by atoms with Crippen molar-refractivity contribution < 1.29 is 17.2 Å². The fourth-order valence-corrected chi connectivity index (χ4v) is 1.33. The molecule has 0 rings (SSSR count). The number of hydrogen-bond acceptors (Lipinski definition) is 3. The summed E-state index contributed by atoms with van der Waals surface area (Å²) in [6.07, 6.45) is 1.39. The number of rotatable bonds is 6. The second-order valence-electron chi connectivity index (χ2n) is 2.70. The highest BCUT2D eigenvalue weighted by molar-refractivity contribution is 7.89. The van der Waals surface area contributed by atoms with E-state index < -0.39 is 21.8 Å². The molecule has 0 saturated heterocycles. The van der Waals surface area contributed by atoms with Crippen molar-refractivity contribution >= 4 is 10.0 Å². The summed E-state index contributed by atoms with van der Waals surface area (Å²) in [6.45, 7) is 1.74. The molecule has 0 aromatic heterocycles. The molecule has 3 N–H and O–H groups in total. The van der Waals surface area contributed by atoms with E-state index in [9.17, 15) is 17.2 Å². The summed E-state index contributed by atoms with van der Waals surface area (Å²) >= 11 is 0. The molecule has 0 aromatic rings. The molecular formula is C6H14F2N2O2S. The van der Waals surface area contributed by atoms with Crippen LogP contribution < -0.4 is 10.5 Å². The zero-order valence-electron chi connectivity index (χ0n) is 7.33. The molecule has 0 radical (unpaired) electrons. The van der Waals surface area contributed by atoms with Crippen molar-refractivity contribution in [2.45, 2.75) is 31.6 Å². The van der Waals surface area contributed by atoms with Gasteiger partial charge in [0.1, 0.15) is 0 Å². The predicted octanol–water partition coefficient (Wildman–Crippen LogP) is 0.256. The molecule has 13 heavy (non-hydrogen) atoms. The van der Waals surface area contributed by atoms with Crippen molar-refractivity contribution in [1.82, 2.24) is 4.72 Å². The lowest BCUT2D eigenvalue weighted by atomic mass is 10.2. The van der Waals surface area contributed by atoms with Crippen LogP contribution >= 0.6 is 0 Å². The Bertz CT molecular complexity index is 231. The van der Waals surface area contributed by atoms with Gasteiger partial charge in [-0.15, -0.1) is 0 Å². The molecule has 0 aromatic carbocycles. The Morgan fingerprint density at radius 1 is 1.46 bits per heavy atom. The monoisotopic (exact) mass is 216 g/mol. The van der Waals surface area contributed by atoms with Crippen LogP contribution in [0.15, 0.2) is 0 Å². The third kappa shape index (κ3) is 5.12. The second kappa shape index (κ2) is 5.46. The van der Waals surface area contributed by atoms with Crippen LogP contribution in [0.4, 0.5) is 8.78 Å². The third-order valence-corrected chi connectivity index (χ3v) is 2.48. The van der Waals surface area contributed by atoms with Crippen LogP contribution in [-0.2, 0) is 10.0 Å². The standard InChI is InChI=1S/C6H14F2N2O2S/c1-2-3-5(9)4-10-13(11,12)6(7)8/h5-6,10H,2-4,9H2,1H3. The largest absolute Gasteiger partial charge is 0.350 e. The molecule has 4 nitrogen and oxygen atoms in total. The van der Waals surface area contributed by atoms with E-state index in [-0.39, 0.29) is 6.54 Å². The van der Waals surface area contributed by atoms with Gasteiger partial charge < -0.3 is 5.73 Å². The normalized spacial score (nSPS) is 14.8. The van der Waals surface area contributed by atoms with E-state index in [1.807, 2.05) is 6.92 Å². The molecule has 7 heteroatoms. The second-order valence-corrected chi connectivity index (χ2v) is 4.44. The van der Waals surface area contributed by atoms with E-state index in [0.717, 1.165) is 6.42 Å². The first-order valence-corrected chi connectivity index (χ1v) is 5.47. The average Bonchev–Trinajstić information content (AvgIpc) is 2.01. The van der Waals surface area contributed by atoms with Gasteiger partial charge in [0.2, 0.25) is 0 Å². The average molecular weight is 216 g/mol. The molecule has 1 atom stereocenters. The van der Waals surface area contributed by atoms with E-state index in [4.69, 9.17) is 5.73 Å². The Kier molecular flexibility index (Phi) is 5.34. The van der Waals surface area contributed by atoms with E-state index in [1.165, 1.54) is 0 Å². The summed E-state index contributed by atoms with van der Waals surface area (Å²) in [4.78, 5) is 0. The summed E-state index contributed by atoms with van der Waals surface area (Å²) in [5, 5.41) is 0. The minimum absolute atomic E-state index is 0.138. The molecular weight excluding hydrogens is 202 g/mol. The van der Waals surface area contributed by atoms with Crippen molar-refractivity contribution in [1.29, 1.82) is 0 Å². The van der Waals surface area contributed by atoms with E-state index in [1.54, 1.807) is 4.72 Å². The van der Waals surface area contributed by atoms with E-state index >= 15 is 0 Å². The molecule has 0 heterocycles. The van der Waals surface area contributed by atoms with Gasteiger partial charge in [-0.25, -0.2) is 13.1 Å². The maximum Gasteiger partial charge on any atom is 0.350 e. The van der Waals surface area contributed by atoms with Gasteiger partial charge in [-0.1, -0.05) is 13.3 Å². The lowest BCUT2D eigenvalue weighted by molar-refractivity contribution is 0.232. The highest BCUT2D eigenvalue weighted by Gasteiger charge is 2.23. The summed E-state index contributed by atoms with van der Waals surface area (Å²) in [5.74, 6) is -3.39. The molecule has 0 spiro atoms. The lowest BCUT2D eigenvalue weighted by Crippen LogP contribution is -2.39. The van der Waals surface area contributed by atoms with Gasteiger partial charge >= 0.3 is 5.76 Å². The smallest absolute Gasteiger partial charge is 0.327 e. The third-order valence-electron chi connectivity index (χ3n) is 1.44. The van der Waals surface area contributed by atoms with E-state index in [0.29, 0.717) is 6.42 Å². The zero-order chi connectivity index (χ0) is 10.5. The van der Waals surface area contributed by atoms with Crippen LogP contribution in [0.1, 0.15) is 19.8 Å². The van der Waals surface area contributed by atoms with Crippen molar-refractivity contribution in [2.75, 3.05) is 6.54 Å². The maximum atomic E-state index is 11.8. The summed E-state index contributed by atoms with van der Waals surface area (Å²) in [5.41, 5.74) is 5.42. The molecule has 0 saturated carbocycles. The minimum atomic E-state index is -4.47. The molecule has 0 aliphatic carbocycles. The molecule has 0 bridgehead atoms. The van der Waals surface area contributed by atoms with Gasteiger partial charge in [0.25, 0.3) is 10.0 Å². The zero-order valence-corrected chi connectivity index (χ0v) is 8.15. The van der Waals surface area contributed by atoms with Gasteiger partial charge in [0, 0.05) is 12.6 Å². The van der Waals surface area contributed by atoms with Gasteiger partial charge in [-0.05, 0) is 6.42 Å². The predicted molar refractivity (Wildman–Crippen MR) is 45.8 cm³/mol. The maximum absolute atomic E-state index is 11.8. The van der Waals surface area contributed by atoms with E-state index in [2.05, 4.69) is 0 Å². The first-order valence-electron chi connectivity index (χ1n) is 3.92. The van der Waals surface area contributed by atoms with Crippen molar-refractivity contribution in [3.63, 3.8) is 0 Å². The van der Waals surface area contributed by atoms with Crippen molar-refractivity contribution in [3.05, 3.63) is 0 Å². The SMILES string of the molecule is CCCC(N)CNS(=O)(=O)C(F)F. The quantitative estimate of drug-likeness (QED) is 0.668. The summed E-state index contributed by atoms with van der Waals surface area (Å²) in [7, 11) is -4.47. The number of halogens is 2. The van der Waals surface area contributed by atoms with Gasteiger partial charge in [0.05, 0.1) is 0 Å². The first kappa shape index (κ1) is 12.7. The van der Waals surface area contributed by atoms with Crippen LogP contribution in [0.3, 0.4) is 0 Å². The Hall–Kier alpha value is -0.270. The molecule has 80 valence electrons. The molecule has 1 unspecified atom stereocenters. The topological polar surface area (TPSA) is 72.2 Å². The number of nitrogens with two attached hydrogens (primary N) is 1. The van der Waals surface area contributed by atoms with Gasteiger partial charge in [-0.3, -0.25) is 0 Å². The van der Waals surface area contributed by atoms with Crippen molar-refractivity contribution in [2.24, 2.45) is 5.73 Å². The van der Waals surface area contributed by atoms with Crippen LogP contribution in [0, 0.1) is 0 Å². The van der Waals surface area contributed by atoms with Crippen LogP contribution in [0.25, 0.3) is 0 Å². The number of alkyl halides is 2. The van der Waals surface area contributed by atoms with Crippen LogP contribution in [0.5, 0.6) is 0 Å². The Morgan fingerprint density at radius 3 is 2.38 bits per heavy atom. The molecule has 0 aliphatic rings. The molecule has 0 aliphatic heterocycles. The number of sulfonamides is 1. The van der Waals surface area contributed by atoms with Crippen molar-refractivity contribution in [3.8, 4) is 0 Å². The summed E-state index contributed by atoms with van der Waals surface area (Å²) in [6, 6.07) is -0.404. The highest BCUT2D eigenvalue weighted by Crippen LogP contribution is 2.01. The molecule has 0 fully saturated rings. The minimum Gasteiger partial charge on any atom is -0.327 e.